The number of amides is 1. The Morgan fingerprint density at radius 2 is 1.85 bits per heavy atom. The normalized spacial score (nSPS) is 25.8. The summed E-state index contributed by atoms with van der Waals surface area (Å²) in [6.45, 7) is 8.21. The van der Waals surface area contributed by atoms with E-state index in [1.54, 1.807) is 18.7 Å². The van der Waals surface area contributed by atoms with Crippen LogP contribution < -0.4 is 5.32 Å². The molecule has 1 heterocycles. The Labute approximate surface area is 203 Å². The van der Waals surface area contributed by atoms with E-state index in [0.29, 0.717) is 31.3 Å². The molecule has 3 unspecified atom stereocenters. The molecule has 1 saturated carbocycles. The lowest BCUT2D eigenvalue weighted by Gasteiger charge is -2.39. The Morgan fingerprint density at radius 1 is 1.12 bits per heavy atom. The molecule has 0 spiro atoms. The van der Waals surface area contributed by atoms with E-state index in [-0.39, 0.29) is 30.5 Å². The SMILES string of the molecule is CCC[C@H](N[C@@H](C)C(=O)N1C2C(C)CCCC2C[C@H]1C(=O)OCc1ccccc1)C(=O)OCC. The third-order valence-electron chi connectivity index (χ3n) is 7.20. The number of carbonyl (C=O) groups is 3. The topological polar surface area (TPSA) is 84.9 Å². The van der Waals surface area contributed by atoms with Gasteiger partial charge in [-0.1, -0.05) is 57.0 Å². The molecule has 1 saturated heterocycles. The summed E-state index contributed by atoms with van der Waals surface area (Å²) < 4.78 is 10.9. The van der Waals surface area contributed by atoms with E-state index in [2.05, 4.69) is 12.2 Å². The van der Waals surface area contributed by atoms with Crippen LogP contribution in [0.2, 0.25) is 0 Å². The van der Waals surface area contributed by atoms with E-state index in [9.17, 15) is 14.4 Å². The highest BCUT2D eigenvalue weighted by molar-refractivity contribution is 5.89. The van der Waals surface area contributed by atoms with Crippen LogP contribution in [-0.4, -0.2) is 53.5 Å². The van der Waals surface area contributed by atoms with Gasteiger partial charge in [-0.05, 0) is 56.9 Å². The molecule has 2 aliphatic rings. The van der Waals surface area contributed by atoms with Crippen molar-refractivity contribution >= 4 is 17.8 Å². The summed E-state index contributed by atoms with van der Waals surface area (Å²) in [5, 5.41) is 3.19. The zero-order valence-electron chi connectivity index (χ0n) is 21.0. The Morgan fingerprint density at radius 3 is 2.53 bits per heavy atom. The highest BCUT2D eigenvalue weighted by Crippen LogP contribution is 2.43. The van der Waals surface area contributed by atoms with E-state index in [4.69, 9.17) is 9.47 Å². The molecular weight excluding hydrogens is 432 g/mol. The predicted molar refractivity (Wildman–Crippen MR) is 130 cm³/mol. The molecule has 1 aliphatic heterocycles. The Hall–Kier alpha value is -2.41. The van der Waals surface area contributed by atoms with Crippen molar-refractivity contribution in [3.8, 4) is 0 Å². The Bertz CT molecular complexity index is 830. The minimum absolute atomic E-state index is 0.0204. The van der Waals surface area contributed by atoms with Crippen LogP contribution in [-0.2, 0) is 30.5 Å². The molecule has 0 bridgehead atoms. The average Bonchev–Trinajstić information content (AvgIpc) is 3.23. The van der Waals surface area contributed by atoms with Crippen molar-refractivity contribution in [1.29, 1.82) is 0 Å². The van der Waals surface area contributed by atoms with Crippen molar-refractivity contribution in [1.82, 2.24) is 10.2 Å². The second-order valence-electron chi connectivity index (χ2n) is 9.73. The molecule has 1 aromatic carbocycles. The average molecular weight is 473 g/mol. The molecule has 0 radical (unpaired) electrons. The second kappa shape index (κ2) is 12.3. The standard InChI is InChI=1S/C27H40N2O5/c1-5-11-22(26(31)33-6-2)28-19(4)25(30)29-23(16-21-15-10-12-18(3)24(21)29)27(32)34-17-20-13-8-7-9-14-20/h7-9,13-14,18-19,21-24,28H,5-6,10-12,15-17H2,1-4H3/t18?,19-,21?,22-,23-,24?/m0/s1. The number of likely N-dealkylation sites (tertiary alicyclic amines) is 1. The number of carbonyl (C=O) groups excluding carboxylic acids is 3. The first-order valence-corrected chi connectivity index (χ1v) is 12.8. The maximum absolute atomic E-state index is 13.8. The quantitative estimate of drug-likeness (QED) is 0.521. The predicted octanol–water partition coefficient (Wildman–Crippen LogP) is 3.85. The molecule has 1 aromatic rings. The molecule has 3 rings (SSSR count). The number of fused-ring (bicyclic) bond motifs is 1. The van der Waals surface area contributed by atoms with Crippen molar-refractivity contribution in [2.24, 2.45) is 11.8 Å². The lowest BCUT2D eigenvalue weighted by atomic mass is 9.78. The van der Waals surface area contributed by atoms with Crippen molar-refractivity contribution < 1.29 is 23.9 Å². The lowest BCUT2D eigenvalue weighted by Crippen LogP contribution is -2.57. The summed E-state index contributed by atoms with van der Waals surface area (Å²) in [5.74, 6) is -0.216. The van der Waals surface area contributed by atoms with Gasteiger partial charge in [-0.15, -0.1) is 0 Å². The molecular formula is C27H40N2O5. The first kappa shape index (κ1) is 26.2. The lowest BCUT2D eigenvalue weighted by molar-refractivity contribution is -0.157. The third-order valence-corrected chi connectivity index (χ3v) is 7.20. The Balaban J connectivity index is 1.76. The van der Waals surface area contributed by atoms with Gasteiger partial charge < -0.3 is 14.4 Å². The van der Waals surface area contributed by atoms with Gasteiger partial charge >= 0.3 is 11.9 Å². The molecule has 7 nitrogen and oxygen atoms in total. The summed E-state index contributed by atoms with van der Waals surface area (Å²) in [4.78, 5) is 41.2. The molecule has 2 fully saturated rings. The van der Waals surface area contributed by atoms with E-state index in [1.807, 2.05) is 37.3 Å². The fraction of sp³-hybridized carbons (Fsp3) is 0.667. The van der Waals surface area contributed by atoms with Gasteiger partial charge in [-0.3, -0.25) is 14.9 Å². The van der Waals surface area contributed by atoms with E-state index in [1.165, 1.54) is 0 Å². The van der Waals surface area contributed by atoms with Crippen LogP contribution in [0.3, 0.4) is 0 Å². The van der Waals surface area contributed by atoms with Gasteiger partial charge in [-0.2, -0.15) is 0 Å². The van der Waals surface area contributed by atoms with Gasteiger partial charge in [0.1, 0.15) is 18.7 Å². The number of hydrogen-bond acceptors (Lipinski definition) is 6. The molecule has 188 valence electrons. The van der Waals surface area contributed by atoms with Gasteiger partial charge in [0.25, 0.3) is 0 Å². The summed E-state index contributed by atoms with van der Waals surface area (Å²) in [6, 6.07) is 7.85. The Kier molecular flexibility index (Phi) is 9.51. The second-order valence-corrected chi connectivity index (χ2v) is 9.73. The number of rotatable bonds is 10. The highest BCUT2D eigenvalue weighted by atomic mass is 16.5. The van der Waals surface area contributed by atoms with Crippen molar-refractivity contribution in [3.05, 3.63) is 35.9 Å². The number of benzene rings is 1. The summed E-state index contributed by atoms with van der Waals surface area (Å²) in [7, 11) is 0. The van der Waals surface area contributed by atoms with Gasteiger partial charge in [0.2, 0.25) is 5.91 Å². The molecule has 1 N–H and O–H groups in total. The van der Waals surface area contributed by atoms with Gasteiger partial charge in [0.15, 0.2) is 0 Å². The third kappa shape index (κ3) is 6.17. The first-order chi connectivity index (χ1) is 16.4. The van der Waals surface area contributed by atoms with Crippen LogP contribution in [0.15, 0.2) is 30.3 Å². The molecule has 1 amide bonds. The molecule has 6 atom stereocenters. The van der Waals surface area contributed by atoms with Crippen LogP contribution in [0.25, 0.3) is 0 Å². The smallest absolute Gasteiger partial charge is 0.329 e. The number of ether oxygens (including phenoxy) is 2. The van der Waals surface area contributed by atoms with E-state index >= 15 is 0 Å². The van der Waals surface area contributed by atoms with Gasteiger partial charge in [0.05, 0.1) is 12.6 Å². The maximum atomic E-state index is 13.8. The van der Waals surface area contributed by atoms with Crippen LogP contribution in [0.1, 0.15) is 71.8 Å². The molecule has 0 aromatic heterocycles. The number of nitrogens with one attached hydrogen (secondary N) is 1. The van der Waals surface area contributed by atoms with Gasteiger partial charge in [-0.25, -0.2) is 4.79 Å². The summed E-state index contributed by atoms with van der Waals surface area (Å²) in [5.41, 5.74) is 0.921. The van der Waals surface area contributed by atoms with E-state index < -0.39 is 18.1 Å². The summed E-state index contributed by atoms with van der Waals surface area (Å²) in [6.07, 6.45) is 5.19. The largest absolute Gasteiger partial charge is 0.465 e. The van der Waals surface area contributed by atoms with Crippen molar-refractivity contribution in [3.63, 3.8) is 0 Å². The number of esters is 2. The van der Waals surface area contributed by atoms with Crippen molar-refractivity contribution in [2.45, 2.75) is 97.0 Å². The van der Waals surface area contributed by atoms with E-state index in [0.717, 1.165) is 31.2 Å². The minimum atomic E-state index is -0.613. The minimum Gasteiger partial charge on any atom is -0.465 e. The van der Waals surface area contributed by atoms with Crippen LogP contribution in [0.5, 0.6) is 0 Å². The molecule has 34 heavy (non-hydrogen) atoms. The fourth-order valence-electron chi connectivity index (χ4n) is 5.61. The van der Waals surface area contributed by atoms with Crippen LogP contribution >= 0.6 is 0 Å². The van der Waals surface area contributed by atoms with Crippen molar-refractivity contribution in [2.75, 3.05) is 6.61 Å². The van der Waals surface area contributed by atoms with Crippen LogP contribution in [0, 0.1) is 11.8 Å². The zero-order valence-corrected chi connectivity index (χ0v) is 21.0. The van der Waals surface area contributed by atoms with Gasteiger partial charge in [0, 0.05) is 6.04 Å². The number of nitrogens with zero attached hydrogens (tertiary/aromatic N) is 1. The highest BCUT2D eigenvalue weighted by Gasteiger charge is 2.51. The molecule has 1 aliphatic carbocycles. The number of hydrogen-bond donors (Lipinski definition) is 1. The maximum Gasteiger partial charge on any atom is 0.329 e. The monoisotopic (exact) mass is 472 g/mol. The first-order valence-electron chi connectivity index (χ1n) is 12.8. The zero-order chi connectivity index (χ0) is 24.7. The fourth-order valence-corrected chi connectivity index (χ4v) is 5.61. The van der Waals surface area contributed by atoms with Crippen LogP contribution in [0.4, 0.5) is 0 Å². The summed E-state index contributed by atoms with van der Waals surface area (Å²) >= 11 is 0. The molecule has 7 heteroatoms.